The summed E-state index contributed by atoms with van der Waals surface area (Å²) in [5.41, 5.74) is 4.45. The van der Waals surface area contributed by atoms with Crippen LogP contribution >= 0.6 is 0 Å². The standard InChI is InChI=1S/C5H5NO5/c6-4(9)2(7)1-3(8)5(10)11/h1H2,(H2,6,9)(H,10,11). The fourth-order valence-electron chi connectivity index (χ4n) is 0.309. The lowest BCUT2D eigenvalue weighted by Gasteiger charge is -1.89. The van der Waals surface area contributed by atoms with Gasteiger partial charge >= 0.3 is 5.97 Å². The van der Waals surface area contributed by atoms with E-state index >= 15 is 0 Å². The summed E-state index contributed by atoms with van der Waals surface area (Å²) in [6.45, 7) is 0. The smallest absolute Gasteiger partial charge is 0.372 e. The van der Waals surface area contributed by atoms with E-state index < -0.39 is 29.9 Å². The van der Waals surface area contributed by atoms with Crippen LogP contribution in [0.15, 0.2) is 0 Å². The third kappa shape index (κ3) is 3.09. The van der Waals surface area contributed by atoms with Gasteiger partial charge in [0.25, 0.3) is 5.91 Å². The Morgan fingerprint density at radius 3 is 1.82 bits per heavy atom. The van der Waals surface area contributed by atoms with Crippen LogP contribution in [0.25, 0.3) is 0 Å². The average molecular weight is 159 g/mol. The highest BCUT2D eigenvalue weighted by molar-refractivity contribution is 6.46. The van der Waals surface area contributed by atoms with Crippen molar-refractivity contribution in [3.8, 4) is 0 Å². The Hall–Kier alpha value is -1.72. The van der Waals surface area contributed by atoms with Gasteiger partial charge in [0.1, 0.15) is 0 Å². The predicted molar refractivity (Wildman–Crippen MR) is 31.5 cm³/mol. The maximum absolute atomic E-state index is 10.3. The van der Waals surface area contributed by atoms with Crippen LogP contribution in [0, 0.1) is 0 Å². The molecule has 0 unspecified atom stereocenters. The quantitative estimate of drug-likeness (QED) is 0.366. The zero-order valence-electron chi connectivity index (χ0n) is 5.36. The molecule has 3 N–H and O–H groups in total. The van der Waals surface area contributed by atoms with E-state index in [1.807, 2.05) is 0 Å². The van der Waals surface area contributed by atoms with Gasteiger partial charge in [0.2, 0.25) is 11.6 Å². The number of carboxylic acids is 1. The number of amides is 1. The highest BCUT2D eigenvalue weighted by atomic mass is 16.4. The van der Waals surface area contributed by atoms with Crippen molar-refractivity contribution in [1.82, 2.24) is 0 Å². The third-order valence-electron chi connectivity index (χ3n) is 0.834. The number of Topliss-reactive ketones (excluding diaryl/α,β-unsaturated/α-hetero) is 2. The first-order chi connectivity index (χ1) is 4.95. The van der Waals surface area contributed by atoms with E-state index in [1.54, 1.807) is 0 Å². The molecule has 0 aromatic carbocycles. The van der Waals surface area contributed by atoms with Gasteiger partial charge < -0.3 is 10.8 Å². The van der Waals surface area contributed by atoms with Crippen LogP contribution in [0.3, 0.4) is 0 Å². The molecule has 0 aromatic heterocycles. The molecule has 0 aromatic rings. The molecule has 0 aliphatic carbocycles. The molecule has 0 saturated heterocycles. The van der Waals surface area contributed by atoms with Crippen molar-refractivity contribution in [2.75, 3.05) is 0 Å². The lowest BCUT2D eigenvalue weighted by atomic mass is 10.2. The second-order valence-electron chi connectivity index (χ2n) is 1.69. The molecule has 6 nitrogen and oxygen atoms in total. The van der Waals surface area contributed by atoms with E-state index in [0.29, 0.717) is 0 Å². The molecule has 0 rings (SSSR count). The van der Waals surface area contributed by atoms with Crippen molar-refractivity contribution in [2.24, 2.45) is 5.73 Å². The van der Waals surface area contributed by atoms with Gasteiger partial charge in [-0.3, -0.25) is 14.4 Å². The minimum absolute atomic E-state index is 0.968. The van der Waals surface area contributed by atoms with Crippen LogP contribution in [0.5, 0.6) is 0 Å². The topological polar surface area (TPSA) is 115 Å². The van der Waals surface area contributed by atoms with Gasteiger partial charge in [-0.15, -0.1) is 0 Å². The first-order valence-corrected chi connectivity index (χ1v) is 2.54. The monoisotopic (exact) mass is 159 g/mol. The summed E-state index contributed by atoms with van der Waals surface area (Å²) >= 11 is 0. The van der Waals surface area contributed by atoms with Gasteiger partial charge in [-0.1, -0.05) is 0 Å². The summed E-state index contributed by atoms with van der Waals surface area (Å²) in [4.78, 5) is 40.3. The van der Waals surface area contributed by atoms with Crippen LogP contribution in [0.1, 0.15) is 6.42 Å². The van der Waals surface area contributed by atoms with Gasteiger partial charge in [-0.25, -0.2) is 4.79 Å². The van der Waals surface area contributed by atoms with Gasteiger partial charge in [-0.2, -0.15) is 0 Å². The Morgan fingerprint density at radius 1 is 1.09 bits per heavy atom. The van der Waals surface area contributed by atoms with E-state index in [2.05, 4.69) is 5.73 Å². The molecular formula is C5H5NO5. The van der Waals surface area contributed by atoms with Crippen LogP contribution in [0.4, 0.5) is 0 Å². The number of hydrogen-bond donors (Lipinski definition) is 2. The molecular weight excluding hydrogens is 154 g/mol. The molecule has 0 heterocycles. The Labute approximate surface area is 61.0 Å². The maximum atomic E-state index is 10.3. The molecule has 0 atom stereocenters. The van der Waals surface area contributed by atoms with Crippen LogP contribution < -0.4 is 5.73 Å². The number of aliphatic carboxylic acids is 1. The second kappa shape index (κ2) is 3.45. The summed E-state index contributed by atoms with van der Waals surface area (Å²) in [7, 11) is 0. The second-order valence-corrected chi connectivity index (χ2v) is 1.69. The van der Waals surface area contributed by atoms with Crippen molar-refractivity contribution in [1.29, 1.82) is 0 Å². The van der Waals surface area contributed by atoms with Crippen molar-refractivity contribution < 1.29 is 24.3 Å². The first kappa shape index (κ1) is 9.28. The first-order valence-electron chi connectivity index (χ1n) is 2.54. The molecule has 0 aliphatic heterocycles. The number of hydrogen-bond acceptors (Lipinski definition) is 4. The molecule has 6 heteroatoms. The Morgan fingerprint density at radius 2 is 1.55 bits per heavy atom. The maximum Gasteiger partial charge on any atom is 0.372 e. The van der Waals surface area contributed by atoms with E-state index in [4.69, 9.17) is 5.11 Å². The lowest BCUT2D eigenvalue weighted by Crippen LogP contribution is -2.27. The fourth-order valence-corrected chi connectivity index (χ4v) is 0.309. The number of primary amides is 1. The summed E-state index contributed by atoms with van der Waals surface area (Å²) < 4.78 is 0. The molecule has 0 fully saturated rings. The fraction of sp³-hybridized carbons (Fsp3) is 0.200. The number of nitrogens with two attached hydrogens (primary N) is 1. The van der Waals surface area contributed by atoms with Gasteiger partial charge in [-0.05, 0) is 0 Å². The van der Waals surface area contributed by atoms with Gasteiger partial charge in [0, 0.05) is 0 Å². The Bertz CT molecular complexity index is 207. The number of rotatable bonds is 4. The number of carbonyl (C=O) groups excluding carboxylic acids is 3. The van der Waals surface area contributed by atoms with Crippen LogP contribution in [-0.2, 0) is 19.2 Å². The highest BCUT2D eigenvalue weighted by Gasteiger charge is 2.19. The number of carboxylic acid groups (broad SMARTS) is 1. The lowest BCUT2D eigenvalue weighted by molar-refractivity contribution is -0.150. The Balaban J connectivity index is 4.07. The van der Waals surface area contributed by atoms with E-state index in [1.165, 1.54) is 0 Å². The summed E-state index contributed by atoms with van der Waals surface area (Å²) in [6, 6.07) is 0. The minimum Gasteiger partial charge on any atom is -0.475 e. The minimum atomic E-state index is -1.75. The van der Waals surface area contributed by atoms with E-state index in [-0.39, 0.29) is 0 Å². The summed E-state index contributed by atoms with van der Waals surface area (Å²) in [6.07, 6.45) is -0.968. The van der Waals surface area contributed by atoms with Crippen molar-refractivity contribution >= 4 is 23.4 Å². The zero-order chi connectivity index (χ0) is 9.02. The van der Waals surface area contributed by atoms with Crippen molar-refractivity contribution in [2.45, 2.75) is 6.42 Å². The van der Waals surface area contributed by atoms with E-state index in [9.17, 15) is 19.2 Å². The zero-order valence-corrected chi connectivity index (χ0v) is 5.36. The van der Waals surface area contributed by atoms with Crippen molar-refractivity contribution in [3.05, 3.63) is 0 Å². The van der Waals surface area contributed by atoms with Gasteiger partial charge in [0.05, 0.1) is 6.42 Å². The number of ketones is 2. The molecule has 1 amide bonds. The molecule has 0 radical (unpaired) electrons. The molecule has 0 saturated carbocycles. The van der Waals surface area contributed by atoms with Crippen LogP contribution in [0.2, 0.25) is 0 Å². The summed E-state index contributed by atoms with van der Waals surface area (Å²) in [5.74, 6) is -5.59. The van der Waals surface area contributed by atoms with E-state index in [0.717, 1.165) is 0 Å². The molecule has 11 heavy (non-hydrogen) atoms. The SMILES string of the molecule is NC(=O)C(=O)CC(=O)C(=O)O. The third-order valence-corrected chi connectivity index (χ3v) is 0.834. The molecule has 60 valence electrons. The number of carbonyl (C=O) groups is 4. The van der Waals surface area contributed by atoms with Crippen molar-refractivity contribution in [3.63, 3.8) is 0 Å². The highest BCUT2D eigenvalue weighted by Crippen LogP contribution is 1.84. The normalized spacial score (nSPS) is 8.73. The predicted octanol–water partition coefficient (Wildman–Crippen LogP) is -1.92. The summed E-state index contributed by atoms with van der Waals surface area (Å²) in [5, 5.41) is 7.96. The molecule has 0 spiro atoms. The molecule has 0 aliphatic rings. The average Bonchev–Trinajstić information content (AvgIpc) is 1.87. The van der Waals surface area contributed by atoms with Crippen LogP contribution in [-0.4, -0.2) is 28.5 Å². The largest absolute Gasteiger partial charge is 0.475 e. The Kier molecular flexibility index (Phi) is 2.91. The molecule has 0 bridgehead atoms. The van der Waals surface area contributed by atoms with Gasteiger partial charge in [0.15, 0.2) is 0 Å².